The van der Waals surface area contributed by atoms with Gasteiger partial charge in [0.25, 0.3) is 0 Å². The zero-order chi connectivity index (χ0) is 19.0. The van der Waals surface area contributed by atoms with Gasteiger partial charge in [0.15, 0.2) is 0 Å². The maximum atomic E-state index is 12.6. The van der Waals surface area contributed by atoms with E-state index in [1.807, 2.05) is 56.3 Å². The average molecular weight is 363 g/mol. The zero-order valence-electron chi connectivity index (χ0n) is 15.6. The Morgan fingerprint density at radius 1 is 1.19 bits per heavy atom. The first-order valence-corrected chi connectivity index (χ1v) is 8.91. The summed E-state index contributed by atoms with van der Waals surface area (Å²) < 4.78 is 10.8. The highest BCUT2D eigenvalue weighted by Crippen LogP contribution is 2.35. The van der Waals surface area contributed by atoms with E-state index in [-0.39, 0.29) is 11.8 Å². The Balaban J connectivity index is 1.58. The molecular formula is C21H21N3O3. The fourth-order valence-corrected chi connectivity index (χ4v) is 3.42. The lowest BCUT2D eigenvalue weighted by atomic mass is 10.1. The van der Waals surface area contributed by atoms with Crippen molar-refractivity contribution in [1.82, 2.24) is 10.1 Å². The summed E-state index contributed by atoms with van der Waals surface area (Å²) in [6, 6.07) is 13.7. The topological polar surface area (TPSA) is 68.5 Å². The van der Waals surface area contributed by atoms with Crippen LogP contribution in [0.15, 0.2) is 47.0 Å². The largest absolute Gasteiger partial charge is 0.497 e. The van der Waals surface area contributed by atoms with Crippen molar-refractivity contribution in [1.29, 1.82) is 0 Å². The fourth-order valence-electron chi connectivity index (χ4n) is 3.42. The molecule has 0 N–H and O–H groups in total. The summed E-state index contributed by atoms with van der Waals surface area (Å²) in [7, 11) is 1.62. The van der Waals surface area contributed by atoms with Crippen LogP contribution in [0.4, 0.5) is 5.69 Å². The molecule has 1 unspecified atom stereocenters. The highest BCUT2D eigenvalue weighted by atomic mass is 16.5. The van der Waals surface area contributed by atoms with Gasteiger partial charge in [-0.05, 0) is 31.5 Å². The molecule has 0 aliphatic carbocycles. The maximum Gasteiger partial charge on any atom is 0.232 e. The van der Waals surface area contributed by atoms with Crippen LogP contribution in [-0.4, -0.2) is 29.7 Å². The molecule has 0 radical (unpaired) electrons. The van der Waals surface area contributed by atoms with E-state index in [9.17, 15) is 4.79 Å². The minimum absolute atomic E-state index is 0.0478. The first kappa shape index (κ1) is 17.3. The van der Waals surface area contributed by atoms with Crippen LogP contribution in [0.5, 0.6) is 5.75 Å². The van der Waals surface area contributed by atoms with Crippen molar-refractivity contribution in [3.63, 3.8) is 0 Å². The van der Waals surface area contributed by atoms with E-state index in [4.69, 9.17) is 9.26 Å². The standard InChI is InChI=1S/C21H21N3O3/c1-13-5-4-6-15(9-13)20-22-21(27-23-20)16-10-19(25)24(12-16)18-11-17(26-3)8-7-14(18)2/h4-9,11,16H,10,12H2,1-3H3. The highest BCUT2D eigenvalue weighted by Gasteiger charge is 2.36. The van der Waals surface area contributed by atoms with Gasteiger partial charge in [-0.1, -0.05) is 35.0 Å². The Bertz CT molecular complexity index is 996. The fraction of sp³-hybridized carbons (Fsp3) is 0.286. The van der Waals surface area contributed by atoms with E-state index in [0.29, 0.717) is 24.7 Å². The van der Waals surface area contributed by atoms with Gasteiger partial charge < -0.3 is 14.2 Å². The van der Waals surface area contributed by atoms with E-state index in [1.54, 1.807) is 12.0 Å². The number of methoxy groups -OCH3 is 1. The number of amides is 1. The number of anilines is 1. The predicted molar refractivity (Wildman–Crippen MR) is 102 cm³/mol. The minimum atomic E-state index is -0.117. The van der Waals surface area contributed by atoms with E-state index >= 15 is 0 Å². The summed E-state index contributed by atoms with van der Waals surface area (Å²) in [4.78, 5) is 18.9. The number of aryl methyl sites for hydroxylation is 2. The SMILES string of the molecule is COc1ccc(C)c(N2CC(c3nc(-c4cccc(C)c4)no3)CC2=O)c1. The first-order chi connectivity index (χ1) is 13.0. The lowest BCUT2D eigenvalue weighted by molar-refractivity contribution is -0.117. The predicted octanol–water partition coefficient (Wildman–Crippen LogP) is 3.88. The Morgan fingerprint density at radius 3 is 2.81 bits per heavy atom. The molecule has 1 atom stereocenters. The third-order valence-electron chi connectivity index (χ3n) is 4.90. The second-order valence-electron chi connectivity index (χ2n) is 6.88. The number of nitrogens with zero attached hydrogens (tertiary/aromatic N) is 3. The van der Waals surface area contributed by atoms with E-state index in [2.05, 4.69) is 10.1 Å². The summed E-state index contributed by atoms with van der Waals surface area (Å²) in [6.07, 6.45) is 0.353. The van der Waals surface area contributed by atoms with E-state index < -0.39 is 0 Å². The molecule has 2 aromatic carbocycles. The van der Waals surface area contributed by atoms with Gasteiger partial charge in [-0.15, -0.1) is 0 Å². The van der Waals surface area contributed by atoms with Crippen LogP contribution in [0.25, 0.3) is 11.4 Å². The van der Waals surface area contributed by atoms with Crippen molar-refractivity contribution >= 4 is 11.6 Å². The average Bonchev–Trinajstić information content (AvgIpc) is 3.29. The molecular weight excluding hydrogens is 342 g/mol. The maximum absolute atomic E-state index is 12.6. The van der Waals surface area contributed by atoms with Crippen molar-refractivity contribution in [3.8, 4) is 17.1 Å². The monoisotopic (exact) mass is 363 g/mol. The van der Waals surface area contributed by atoms with Gasteiger partial charge in [-0.3, -0.25) is 4.79 Å². The molecule has 0 spiro atoms. The molecule has 0 bridgehead atoms. The summed E-state index contributed by atoms with van der Waals surface area (Å²) in [6.45, 7) is 4.52. The molecule has 6 heteroatoms. The van der Waals surface area contributed by atoms with Crippen LogP contribution in [0, 0.1) is 13.8 Å². The normalized spacial score (nSPS) is 16.8. The van der Waals surface area contributed by atoms with Crippen molar-refractivity contribution in [3.05, 3.63) is 59.5 Å². The molecule has 1 aliphatic heterocycles. The molecule has 27 heavy (non-hydrogen) atoms. The number of rotatable bonds is 4. The molecule has 1 aromatic heterocycles. The third-order valence-corrected chi connectivity index (χ3v) is 4.90. The molecule has 3 aromatic rings. The molecule has 0 saturated carbocycles. The number of aromatic nitrogens is 2. The van der Waals surface area contributed by atoms with Gasteiger partial charge in [0, 0.05) is 24.6 Å². The Hall–Kier alpha value is -3.15. The quantitative estimate of drug-likeness (QED) is 0.703. The van der Waals surface area contributed by atoms with Crippen LogP contribution in [0.1, 0.15) is 29.4 Å². The number of benzene rings is 2. The van der Waals surface area contributed by atoms with Gasteiger partial charge in [-0.2, -0.15) is 4.98 Å². The van der Waals surface area contributed by atoms with E-state index in [0.717, 1.165) is 28.1 Å². The number of carbonyl (C=O) groups is 1. The molecule has 1 aliphatic rings. The molecule has 138 valence electrons. The van der Waals surface area contributed by atoms with Crippen molar-refractivity contribution < 1.29 is 14.1 Å². The Labute approximate surface area is 157 Å². The zero-order valence-corrected chi connectivity index (χ0v) is 15.6. The molecule has 1 fully saturated rings. The lowest BCUT2D eigenvalue weighted by Crippen LogP contribution is -2.25. The summed E-state index contributed by atoms with van der Waals surface area (Å²) in [5.41, 5.74) is 3.93. The second kappa shape index (κ2) is 6.87. The minimum Gasteiger partial charge on any atom is -0.497 e. The molecule has 2 heterocycles. The lowest BCUT2D eigenvalue weighted by Gasteiger charge is -2.19. The van der Waals surface area contributed by atoms with Gasteiger partial charge >= 0.3 is 0 Å². The van der Waals surface area contributed by atoms with Crippen LogP contribution in [0.3, 0.4) is 0 Å². The van der Waals surface area contributed by atoms with Gasteiger partial charge in [0.1, 0.15) is 5.75 Å². The molecule has 4 rings (SSSR count). The van der Waals surface area contributed by atoms with Crippen LogP contribution in [0.2, 0.25) is 0 Å². The van der Waals surface area contributed by atoms with Crippen molar-refractivity contribution in [2.45, 2.75) is 26.2 Å². The number of ether oxygens (including phenoxy) is 1. The molecule has 1 amide bonds. The van der Waals surface area contributed by atoms with E-state index in [1.165, 1.54) is 0 Å². The number of carbonyl (C=O) groups excluding carboxylic acids is 1. The first-order valence-electron chi connectivity index (χ1n) is 8.91. The Kier molecular flexibility index (Phi) is 4.39. The summed E-state index contributed by atoms with van der Waals surface area (Å²) >= 11 is 0. The van der Waals surface area contributed by atoms with Crippen LogP contribution in [-0.2, 0) is 4.79 Å². The van der Waals surface area contributed by atoms with Crippen LogP contribution < -0.4 is 9.64 Å². The van der Waals surface area contributed by atoms with Crippen LogP contribution >= 0.6 is 0 Å². The third kappa shape index (κ3) is 3.30. The second-order valence-corrected chi connectivity index (χ2v) is 6.88. The summed E-state index contributed by atoms with van der Waals surface area (Å²) in [5.74, 6) is 1.72. The van der Waals surface area contributed by atoms with Crippen molar-refractivity contribution in [2.75, 3.05) is 18.6 Å². The smallest absolute Gasteiger partial charge is 0.232 e. The van der Waals surface area contributed by atoms with Gasteiger partial charge in [-0.25, -0.2) is 0 Å². The molecule has 1 saturated heterocycles. The summed E-state index contributed by atoms with van der Waals surface area (Å²) in [5, 5.41) is 4.10. The Morgan fingerprint density at radius 2 is 2.04 bits per heavy atom. The molecule has 6 nitrogen and oxygen atoms in total. The highest BCUT2D eigenvalue weighted by molar-refractivity contribution is 5.97. The van der Waals surface area contributed by atoms with Gasteiger partial charge in [0.05, 0.1) is 18.7 Å². The van der Waals surface area contributed by atoms with Crippen molar-refractivity contribution in [2.24, 2.45) is 0 Å². The number of hydrogen-bond acceptors (Lipinski definition) is 5. The van der Waals surface area contributed by atoms with Gasteiger partial charge in [0.2, 0.25) is 17.6 Å². The number of hydrogen-bond donors (Lipinski definition) is 0.